The fraction of sp³-hybridized carbons (Fsp3) is 0.400. The Morgan fingerprint density at radius 3 is 2.89 bits per heavy atom. The zero-order valence-electron chi connectivity index (χ0n) is 9.43. The highest BCUT2D eigenvalue weighted by molar-refractivity contribution is 5.38. The van der Waals surface area contributed by atoms with Gasteiger partial charge in [0.15, 0.2) is 0 Å². The van der Waals surface area contributed by atoms with E-state index in [0.717, 1.165) is 0 Å². The number of aryl methyl sites for hydroxylation is 1. The van der Waals surface area contributed by atoms with Crippen molar-refractivity contribution in [2.24, 2.45) is 0 Å². The molecule has 0 spiro atoms. The van der Waals surface area contributed by atoms with Crippen LogP contribution in [0.15, 0.2) is 24.7 Å². The lowest BCUT2D eigenvalue weighted by atomic mass is 10.4. The molecule has 98 valence electrons. The van der Waals surface area contributed by atoms with Crippen molar-refractivity contribution >= 4 is 5.69 Å². The van der Waals surface area contributed by atoms with Crippen molar-refractivity contribution in [1.82, 2.24) is 19.6 Å². The van der Waals surface area contributed by atoms with Gasteiger partial charge in [-0.25, -0.2) is 9.07 Å². The SMILES string of the molecule is FCCn1cc(NCc2ccnn2C(F)F)cn1. The molecule has 0 unspecified atom stereocenters. The Labute approximate surface area is 101 Å². The summed E-state index contributed by atoms with van der Waals surface area (Å²) in [6.07, 6.45) is 4.44. The molecule has 5 nitrogen and oxygen atoms in total. The fourth-order valence-electron chi connectivity index (χ4n) is 1.51. The molecular formula is C10H12F3N5. The Bertz CT molecular complexity index is 493. The van der Waals surface area contributed by atoms with Crippen molar-refractivity contribution in [2.45, 2.75) is 19.6 Å². The minimum atomic E-state index is -2.66. The van der Waals surface area contributed by atoms with E-state index in [2.05, 4.69) is 15.5 Å². The number of nitrogens with zero attached hydrogens (tertiary/aromatic N) is 4. The van der Waals surface area contributed by atoms with E-state index in [4.69, 9.17) is 0 Å². The van der Waals surface area contributed by atoms with Gasteiger partial charge >= 0.3 is 6.55 Å². The number of hydrogen-bond donors (Lipinski definition) is 1. The molecule has 2 rings (SSSR count). The van der Waals surface area contributed by atoms with Gasteiger partial charge in [0.1, 0.15) is 6.67 Å². The Hall–Kier alpha value is -1.99. The molecule has 2 heterocycles. The van der Waals surface area contributed by atoms with Crippen LogP contribution >= 0.6 is 0 Å². The highest BCUT2D eigenvalue weighted by atomic mass is 19.3. The maximum Gasteiger partial charge on any atom is 0.333 e. The van der Waals surface area contributed by atoms with Crippen LogP contribution < -0.4 is 5.32 Å². The van der Waals surface area contributed by atoms with Gasteiger partial charge in [-0.15, -0.1) is 0 Å². The summed E-state index contributed by atoms with van der Waals surface area (Å²) in [4.78, 5) is 0. The van der Waals surface area contributed by atoms with Crippen LogP contribution in [-0.2, 0) is 13.1 Å². The maximum absolute atomic E-state index is 12.5. The molecule has 0 fully saturated rings. The molecule has 2 aromatic rings. The van der Waals surface area contributed by atoms with Crippen LogP contribution in [0.4, 0.5) is 18.9 Å². The second kappa shape index (κ2) is 5.56. The molecule has 0 aliphatic carbocycles. The molecule has 8 heteroatoms. The van der Waals surface area contributed by atoms with Gasteiger partial charge in [0.05, 0.1) is 30.7 Å². The van der Waals surface area contributed by atoms with Crippen molar-refractivity contribution in [3.63, 3.8) is 0 Å². The Morgan fingerprint density at radius 2 is 2.17 bits per heavy atom. The average Bonchev–Trinajstić information content (AvgIpc) is 2.95. The van der Waals surface area contributed by atoms with Crippen LogP contribution in [0.3, 0.4) is 0 Å². The molecule has 0 aromatic carbocycles. The lowest BCUT2D eigenvalue weighted by molar-refractivity contribution is 0.0537. The number of rotatable bonds is 6. The first-order valence-electron chi connectivity index (χ1n) is 5.33. The summed E-state index contributed by atoms with van der Waals surface area (Å²) in [5.74, 6) is 0. The summed E-state index contributed by atoms with van der Waals surface area (Å²) >= 11 is 0. The number of halogens is 3. The number of hydrogen-bond acceptors (Lipinski definition) is 3. The highest BCUT2D eigenvalue weighted by Gasteiger charge is 2.11. The Kier molecular flexibility index (Phi) is 3.85. The lowest BCUT2D eigenvalue weighted by Gasteiger charge is -2.06. The molecule has 1 N–H and O–H groups in total. The first-order valence-corrected chi connectivity index (χ1v) is 5.33. The summed E-state index contributed by atoms with van der Waals surface area (Å²) < 4.78 is 39.1. The van der Waals surface area contributed by atoms with Crippen LogP contribution in [0.25, 0.3) is 0 Å². The number of aromatic nitrogens is 4. The average molecular weight is 259 g/mol. The molecule has 0 saturated heterocycles. The van der Waals surface area contributed by atoms with E-state index in [0.29, 0.717) is 16.1 Å². The normalized spacial score (nSPS) is 11.1. The monoisotopic (exact) mass is 259 g/mol. The quantitative estimate of drug-likeness (QED) is 0.863. The Balaban J connectivity index is 1.96. The van der Waals surface area contributed by atoms with Crippen molar-refractivity contribution in [3.05, 3.63) is 30.4 Å². The number of anilines is 1. The van der Waals surface area contributed by atoms with Crippen LogP contribution in [-0.4, -0.2) is 26.2 Å². The first kappa shape index (κ1) is 12.5. The lowest BCUT2D eigenvalue weighted by Crippen LogP contribution is -2.09. The third kappa shape index (κ3) is 2.82. The summed E-state index contributed by atoms with van der Waals surface area (Å²) in [5.41, 5.74) is 1.01. The van der Waals surface area contributed by atoms with Crippen LogP contribution in [0, 0.1) is 0 Å². The van der Waals surface area contributed by atoms with Gasteiger partial charge in [0.2, 0.25) is 0 Å². The van der Waals surface area contributed by atoms with Crippen LogP contribution in [0.2, 0.25) is 0 Å². The summed E-state index contributed by atoms with van der Waals surface area (Å²) in [6.45, 7) is -2.78. The van der Waals surface area contributed by atoms with Gasteiger partial charge in [-0.05, 0) is 6.07 Å². The smallest absolute Gasteiger partial charge is 0.333 e. The first-order chi connectivity index (χ1) is 8.70. The van der Waals surface area contributed by atoms with Gasteiger partial charge in [0.25, 0.3) is 0 Å². The minimum Gasteiger partial charge on any atom is -0.377 e. The molecular weight excluding hydrogens is 247 g/mol. The molecule has 0 bridgehead atoms. The van der Waals surface area contributed by atoms with Gasteiger partial charge in [0, 0.05) is 12.4 Å². The zero-order valence-corrected chi connectivity index (χ0v) is 9.43. The van der Waals surface area contributed by atoms with Gasteiger partial charge in [-0.3, -0.25) is 4.68 Å². The van der Waals surface area contributed by atoms with Gasteiger partial charge < -0.3 is 5.32 Å². The van der Waals surface area contributed by atoms with Crippen molar-refractivity contribution < 1.29 is 13.2 Å². The summed E-state index contributed by atoms with van der Waals surface area (Å²) in [5, 5.41) is 10.3. The van der Waals surface area contributed by atoms with E-state index in [9.17, 15) is 13.2 Å². The standard InChI is InChI=1S/C10H12F3N5/c11-2-4-17-7-8(5-16-17)14-6-9-1-3-15-18(9)10(12)13/h1,3,5,7,10,14H,2,4,6H2. The molecule has 0 aliphatic heterocycles. The van der Waals surface area contributed by atoms with Crippen molar-refractivity contribution in [2.75, 3.05) is 12.0 Å². The number of alkyl halides is 3. The topological polar surface area (TPSA) is 47.7 Å². The van der Waals surface area contributed by atoms with Gasteiger partial charge in [-0.2, -0.15) is 19.0 Å². The van der Waals surface area contributed by atoms with E-state index in [1.807, 2.05) is 0 Å². The number of nitrogens with one attached hydrogen (secondary N) is 1. The molecule has 0 aliphatic rings. The molecule has 18 heavy (non-hydrogen) atoms. The molecule has 0 radical (unpaired) electrons. The van der Waals surface area contributed by atoms with Crippen LogP contribution in [0.1, 0.15) is 12.2 Å². The molecule has 0 saturated carbocycles. The summed E-state index contributed by atoms with van der Waals surface area (Å²) in [6, 6.07) is 1.51. The highest BCUT2D eigenvalue weighted by Crippen LogP contribution is 2.14. The zero-order chi connectivity index (χ0) is 13.0. The second-order valence-corrected chi connectivity index (χ2v) is 3.58. The van der Waals surface area contributed by atoms with E-state index in [1.54, 1.807) is 6.20 Å². The van der Waals surface area contributed by atoms with E-state index < -0.39 is 13.2 Å². The minimum absolute atomic E-state index is 0.177. The largest absolute Gasteiger partial charge is 0.377 e. The third-order valence-corrected chi connectivity index (χ3v) is 2.36. The summed E-state index contributed by atoms with van der Waals surface area (Å²) in [7, 11) is 0. The maximum atomic E-state index is 12.5. The molecule has 0 atom stereocenters. The second-order valence-electron chi connectivity index (χ2n) is 3.58. The van der Waals surface area contributed by atoms with E-state index in [1.165, 1.54) is 23.1 Å². The van der Waals surface area contributed by atoms with Gasteiger partial charge in [-0.1, -0.05) is 0 Å². The predicted octanol–water partition coefficient (Wildman–Crippen LogP) is 2.06. The van der Waals surface area contributed by atoms with Crippen molar-refractivity contribution in [3.8, 4) is 0 Å². The Morgan fingerprint density at radius 1 is 1.33 bits per heavy atom. The molecule has 0 amide bonds. The third-order valence-electron chi connectivity index (χ3n) is 2.36. The van der Waals surface area contributed by atoms with E-state index >= 15 is 0 Å². The van der Waals surface area contributed by atoms with Crippen molar-refractivity contribution in [1.29, 1.82) is 0 Å². The predicted molar refractivity (Wildman–Crippen MR) is 59.0 cm³/mol. The van der Waals surface area contributed by atoms with E-state index in [-0.39, 0.29) is 13.1 Å². The van der Waals surface area contributed by atoms with Crippen LogP contribution in [0.5, 0.6) is 0 Å². The molecule has 2 aromatic heterocycles. The fourth-order valence-corrected chi connectivity index (χ4v) is 1.51.